The van der Waals surface area contributed by atoms with Crippen molar-refractivity contribution < 1.29 is 13.9 Å². The molecule has 8 heteroatoms. The summed E-state index contributed by atoms with van der Waals surface area (Å²) in [5, 5.41) is 8.91. The van der Waals surface area contributed by atoms with Crippen LogP contribution in [0.15, 0.2) is 59.0 Å². The summed E-state index contributed by atoms with van der Waals surface area (Å²) in [6.45, 7) is 3.84. The zero-order chi connectivity index (χ0) is 20.8. The molecular formula is C22H23ClN4O3. The number of hydrogen-bond acceptors (Lipinski definition) is 6. The van der Waals surface area contributed by atoms with E-state index in [-0.39, 0.29) is 12.5 Å². The number of hydrogen-bond donors (Lipinski definition) is 0. The number of carbonyl (C=O) groups excluding carboxylic acids is 1. The van der Waals surface area contributed by atoms with E-state index >= 15 is 0 Å². The van der Waals surface area contributed by atoms with Crippen molar-refractivity contribution in [1.29, 1.82) is 0 Å². The van der Waals surface area contributed by atoms with Gasteiger partial charge in [-0.05, 0) is 36.4 Å². The molecule has 0 bridgehead atoms. The molecule has 0 saturated carbocycles. The predicted molar refractivity (Wildman–Crippen MR) is 113 cm³/mol. The molecular weight excluding hydrogens is 404 g/mol. The van der Waals surface area contributed by atoms with Crippen LogP contribution in [0.4, 0.5) is 0 Å². The van der Waals surface area contributed by atoms with Crippen LogP contribution in [0.3, 0.4) is 0 Å². The third kappa shape index (κ3) is 5.37. The number of benzene rings is 2. The van der Waals surface area contributed by atoms with E-state index in [1.54, 1.807) is 24.3 Å². The lowest BCUT2D eigenvalue weighted by Gasteiger charge is -2.34. The Morgan fingerprint density at radius 2 is 1.73 bits per heavy atom. The number of aromatic nitrogens is 2. The minimum atomic E-state index is -0.00555. The summed E-state index contributed by atoms with van der Waals surface area (Å²) >= 11 is 5.86. The van der Waals surface area contributed by atoms with E-state index in [0.717, 1.165) is 25.2 Å². The van der Waals surface area contributed by atoms with Crippen LogP contribution in [0.5, 0.6) is 5.75 Å². The Bertz CT molecular complexity index is 954. The van der Waals surface area contributed by atoms with Crippen molar-refractivity contribution in [2.45, 2.75) is 6.42 Å². The minimum Gasteiger partial charge on any atom is -0.484 e. The Morgan fingerprint density at radius 1 is 1.00 bits per heavy atom. The van der Waals surface area contributed by atoms with E-state index in [1.807, 2.05) is 35.2 Å². The van der Waals surface area contributed by atoms with E-state index in [1.165, 1.54) is 0 Å². The summed E-state index contributed by atoms with van der Waals surface area (Å²) in [7, 11) is 0. The van der Waals surface area contributed by atoms with Gasteiger partial charge in [0.2, 0.25) is 11.8 Å². The molecule has 1 aromatic heterocycles. The van der Waals surface area contributed by atoms with Crippen LogP contribution in [-0.4, -0.2) is 65.2 Å². The molecule has 1 fully saturated rings. The Morgan fingerprint density at radius 3 is 2.47 bits per heavy atom. The highest BCUT2D eigenvalue weighted by Crippen LogP contribution is 2.18. The molecule has 0 radical (unpaired) electrons. The van der Waals surface area contributed by atoms with Crippen LogP contribution in [-0.2, 0) is 11.2 Å². The van der Waals surface area contributed by atoms with Gasteiger partial charge in [-0.25, -0.2) is 0 Å². The quantitative estimate of drug-likeness (QED) is 0.578. The smallest absolute Gasteiger partial charge is 0.260 e. The first-order valence-electron chi connectivity index (χ1n) is 9.94. The maximum atomic E-state index is 12.4. The lowest BCUT2D eigenvalue weighted by Crippen LogP contribution is -2.50. The molecule has 4 rings (SSSR count). The standard InChI is InChI=1S/C22H23ClN4O3/c23-18-6-8-19(9-7-18)29-16-21(28)27-14-12-26(13-15-27)11-10-20-24-25-22(30-20)17-4-2-1-3-5-17/h1-9H,10-16H2. The SMILES string of the molecule is O=C(COc1ccc(Cl)cc1)N1CCN(CCc2nnc(-c3ccccc3)o2)CC1. The van der Waals surface area contributed by atoms with Crippen LogP contribution in [0, 0.1) is 0 Å². The molecule has 0 N–H and O–H groups in total. The third-order valence-corrected chi connectivity index (χ3v) is 5.28. The monoisotopic (exact) mass is 426 g/mol. The fraction of sp³-hybridized carbons (Fsp3) is 0.318. The van der Waals surface area contributed by atoms with Gasteiger partial charge < -0.3 is 14.1 Å². The summed E-state index contributed by atoms with van der Waals surface area (Å²) in [4.78, 5) is 16.5. The second kappa shape index (κ2) is 9.73. The number of piperazine rings is 1. The van der Waals surface area contributed by atoms with Crippen molar-refractivity contribution >= 4 is 17.5 Å². The molecule has 1 saturated heterocycles. The van der Waals surface area contributed by atoms with Gasteiger partial charge in [0.25, 0.3) is 5.91 Å². The molecule has 0 atom stereocenters. The zero-order valence-electron chi connectivity index (χ0n) is 16.5. The van der Waals surface area contributed by atoms with E-state index in [2.05, 4.69) is 15.1 Å². The van der Waals surface area contributed by atoms with Gasteiger partial charge in [0, 0.05) is 49.7 Å². The van der Waals surface area contributed by atoms with Gasteiger partial charge in [0.15, 0.2) is 6.61 Å². The Balaban J connectivity index is 1.19. The second-order valence-corrected chi connectivity index (χ2v) is 7.52. The van der Waals surface area contributed by atoms with Crippen LogP contribution >= 0.6 is 11.6 Å². The highest BCUT2D eigenvalue weighted by Gasteiger charge is 2.21. The fourth-order valence-corrected chi connectivity index (χ4v) is 3.42. The van der Waals surface area contributed by atoms with Gasteiger partial charge in [-0.3, -0.25) is 9.69 Å². The molecule has 0 aliphatic carbocycles. The van der Waals surface area contributed by atoms with Crippen LogP contribution in [0.25, 0.3) is 11.5 Å². The number of nitrogens with zero attached hydrogens (tertiary/aromatic N) is 4. The van der Waals surface area contributed by atoms with Crippen LogP contribution in [0.2, 0.25) is 5.02 Å². The first-order valence-corrected chi connectivity index (χ1v) is 10.3. The number of rotatable bonds is 7. The Labute approximate surface area is 180 Å². The molecule has 2 aromatic carbocycles. The minimum absolute atomic E-state index is 0.00555. The molecule has 0 spiro atoms. The third-order valence-electron chi connectivity index (χ3n) is 5.03. The molecule has 30 heavy (non-hydrogen) atoms. The van der Waals surface area contributed by atoms with Crippen molar-refractivity contribution in [3.05, 3.63) is 65.5 Å². The molecule has 156 valence electrons. The number of ether oxygens (including phenoxy) is 1. The van der Waals surface area contributed by atoms with Gasteiger partial charge in [-0.1, -0.05) is 29.8 Å². The highest BCUT2D eigenvalue weighted by molar-refractivity contribution is 6.30. The van der Waals surface area contributed by atoms with Crippen LogP contribution < -0.4 is 4.74 Å². The molecule has 1 aliphatic rings. The average Bonchev–Trinajstić information content (AvgIpc) is 3.27. The predicted octanol–water partition coefficient (Wildman–Crippen LogP) is 3.16. The maximum absolute atomic E-state index is 12.4. The summed E-state index contributed by atoms with van der Waals surface area (Å²) in [5.41, 5.74) is 0.921. The normalized spacial score (nSPS) is 14.6. The molecule has 1 aliphatic heterocycles. The summed E-state index contributed by atoms with van der Waals surface area (Å²) in [6, 6.07) is 16.7. The van der Waals surface area contributed by atoms with Gasteiger partial charge >= 0.3 is 0 Å². The second-order valence-electron chi connectivity index (χ2n) is 7.08. The first kappa shape index (κ1) is 20.4. The highest BCUT2D eigenvalue weighted by atomic mass is 35.5. The number of amides is 1. The zero-order valence-corrected chi connectivity index (χ0v) is 17.3. The van der Waals surface area contributed by atoms with Crippen molar-refractivity contribution in [1.82, 2.24) is 20.0 Å². The molecule has 7 nitrogen and oxygen atoms in total. The van der Waals surface area contributed by atoms with E-state index in [4.69, 9.17) is 20.8 Å². The topological polar surface area (TPSA) is 71.7 Å². The number of halogens is 1. The van der Waals surface area contributed by atoms with E-state index < -0.39 is 0 Å². The molecule has 0 unspecified atom stereocenters. The molecule has 1 amide bonds. The van der Waals surface area contributed by atoms with Gasteiger partial charge in [0.1, 0.15) is 5.75 Å². The van der Waals surface area contributed by atoms with Crippen molar-refractivity contribution in [3.8, 4) is 17.2 Å². The molecule has 3 aromatic rings. The number of carbonyl (C=O) groups is 1. The summed E-state index contributed by atoms with van der Waals surface area (Å²) in [5.74, 6) is 1.81. The van der Waals surface area contributed by atoms with Crippen LogP contribution in [0.1, 0.15) is 5.89 Å². The van der Waals surface area contributed by atoms with Gasteiger partial charge in [-0.15, -0.1) is 10.2 Å². The summed E-state index contributed by atoms with van der Waals surface area (Å²) in [6.07, 6.45) is 0.688. The molecule has 2 heterocycles. The van der Waals surface area contributed by atoms with Crippen molar-refractivity contribution in [3.63, 3.8) is 0 Å². The maximum Gasteiger partial charge on any atom is 0.260 e. The summed E-state index contributed by atoms with van der Waals surface area (Å²) < 4.78 is 11.3. The Hall–Kier alpha value is -2.90. The van der Waals surface area contributed by atoms with E-state index in [0.29, 0.717) is 42.1 Å². The van der Waals surface area contributed by atoms with Gasteiger partial charge in [0.05, 0.1) is 0 Å². The van der Waals surface area contributed by atoms with E-state index in [9.17, 15) is 4.79 Å². The Kier molecular flexibility index (Phi) is 6.61. The van der Waals surface area contributed by atoms with Crippen molar-refractivity contribution in [2.24, 2.45) is 0 Å². The fourth-order valence-electron chi connectivity index (χ4n) is 3.29. The first-order chi connectivity index (χ1) is 14.7. The van der Waals surface area contributed by atoms with Crippen molar-refractivity contribution in [2.75, 3.05) is 39.3 Å². The average molecular weight is 427 g/mol. The lowest BCUT2D eigenvalue weighted by atomic mass is 10.2. The van der Waals surface area contributed by atoms with Gasteiger partial charge in [-0.2, -0.15) is 0 Å². The largest absolute Gasteiger partial charge is 0.484 e. The lowest BCUT2D eigenvalue weighted by molar-refractivity contribution is -0.135.